The quantitative estimate of drug-likeness (QED) is 0.533. The Morgan fingerprint density at radius 3 is 2.42 bits per heavy atom. The zero-order valence-electron chi connectivity index (χ0n) is 14.4. The van der Waals surface area contributed by atoms with Gasteiger partial charge in [0.05, 0.1) is 18.5 Å². The number of nitrogens with zero attached hydrogens (tertiary/aromatic N) is 1. The van der Waals surface area contributed by atoms with Gasteiger partial charge in [-0.25, -0.2) is 0 Å². The van der Waals surface area contributed by atoms with E-state index in [1.807, 2.05) is 53.6 Å². The van der Waals surface area contributed by atoms with Gasteiger partial charge in [0.2, 0.25) is 0 Å². The molecule has 0 bridgehead atoms. The number of amides is 1. The molecule has 0 spiro atoms. The van der Waals surface area contributed by atoms with Crippen LogP contribution in [0.3, 0.4) is 0 Å². The lowest BCUT2D eigenvalue weighted by Gasteiger charge is -2.31. The van der Waals surface area contributed by atoms with Crippen LogP contribution in [0.4, 0.5) is 11.4 Å². The number of hydrogen-bond acceptors (Lipinski definition) is 4. The molecule has 0 atom stereocenters. The molecule has 0 radical (unpaired) electrons. The van der Waals surface area contributed by atoms with Crippen LogP contribution in [0.2, 0.25) is 0 Å². The van der Waals surface area contributed by atoms with Crippen LogP contribution in [0.1, 0.15) is 10.4 Å². The number of benzene rings is 3. The monoisotopic (exact) mass is 379 g/mol. The van der Waals surface area contributed by atoms with E-state index in [0.29, 0.717) is 5.56 Å². The lowest BCUT2D eigenvalue weighted by molar-refractivity contribution is 0.0998. The predicted octanol–water partition coefficient (Wildman–Crippen LogP) is 5.86. The number of rotatable bonds is 3. The topological polar surface area (TPSA) is 29.5 Å². The van der Waals surface area contributed by atoms with Gasteiger partial charge in [-0.3, -0.25) is 9.69 Å². The van der Waals surface area contributed by atoms with Gasteiger partial charge >= 0.3 is 0 Å². The molecule has 26 heavy (non-hydrogen) atoms. The number of ether oxygens (including phenoxy) is 1. The fraction of sp³-hybridized carbons (Fsp3) is 0.0952. The highest BCUT2D eigenvalue weighted by molar-refractivity contribution is 8.00. The standard InChI is InChI=1S/C21H17NO2S2/c1-24-15-9-7-14(8-10-15)21(23)22-17-5-3-4-6-19(17)26-20-12-11-16(25-2)13-18(20)22/h3-13H,1-2H3. The van der Waals surface area contributed by atoms with Crippen LogP contribution in [-0.4, -0.2) is 19.3 Å². The van der Waals surface area contributed by atoms with Gasteiger partial charge < -0.3 is 4.74 Å². The minimum atomic E-state index is -0.0418. The zero-order chi connectivity index (χ0) is 18.1. The molecule has 4 rings (SSSR count). The largest absolute Gasteiger partial charge is 0.497 e. The van der Waals surface area contributed by atoms with Gasteiger partial charge in [0, 0.05) is 20.2 Å². The van der Waals surface area contributed by atoms with Crippen LogP contribution >= 0.6 is 23.5 Å². The van der Waals surface area contributed by atoms with Gasteiger partial charge in [0.15, 0.2) is 0 Å². The number of methoxy groups -OCH3 is 1. The molecule has 130 valence electrons. The molecule has 3 aromatic carbocycles. The van der Waals surface area contributed by atoms with Gasteiger partial charge in [-0.2, -0.15) is 0 Å². The van der Waals surface area contributed by atoms with E-state index < -0.39 is 0 Å². The molecule has 5 heteroatoms. The highest BCUT2D eigenvalue weighted by atomic mass is 32.2. The maximum absolute atomic E-state index is 13.4. The van der Waals surface area contributed by atoms with Gasteiger partial charge in [0.25, 0.3) is 5.91 Å². The van der Waals surface area contributed by atoms with Gasteiger partial charge in [-0.15, -0.1) is 11.8 Å². The smallest absolute Gasteiger partial charge is 0.262 e. The molecule has 0 unspecified atom stereocenters. The number of hydrogen-bond donors (Lipinski definition) is 0. The highest BCUT2D eigenvalue weighted by Gasteiger charge is 2.29. The van der Waals surface area contributed by atoms with Crippen molar-refractivity contribution in [1.29, 1.82) is 0 Å². The highest BCUT2D eigenvalue weighted by Crippen LogP contribution is 2.49. The fourth-order valence-corrected chi connectivity index (χ4v) is 4.42. The van der Waals surface area contributed by atoms with Crippen molar-refractivity contribution in [2.45, 2.75) is 14.7 Å². The molecule has 1 heterocycles. The fourth-order valence-electron chi connectivity index (χ4n) is 2.94. The number of para-hydroxylation sites is 1. The Kier molecular flexibility index (Phi) is 4.66. The molecule has 0 aromatic heterocycles. The Hall–Kier alpha value is -2.37. The summed E-state index contributed by atoms with van der Waals surface area (Å²) in [4.78, 5) is 18.5. The molecule has 0 fully saturated rings. The van der Waals surface area contributed by atoms with Gasteiger partial charge in [-0.1, -0.05) is 23.9 Å². The van der Waals surface area contributed by atoms with Crippen LogP contribution in [-0.2, 0) is 0 Å². The molecule has 1 aliphatic rings. The number of carbonyl (C=O) groups excluding carboxylic acids is 1. The van der Waals surface area contributed by atoms with E-state index in [1.54, 1.807) is 30.6 Å². The molecule has 1 aliphatic heterocycles. The molecule has 3 nitrogen and oxygen atoms in total. The predicted molar refractivity (Wildman–Crippen MR) is 108 cm³/mol. The van der Waals surface area contributed by atoms with E-state index in [-0.39, 0.29) is 5.91 Å². The van der Waals surface area contributed by atoms with E-state index in [4.69, 9.17) is 4.74 Å². The van der Waals surface area contributed by atoms with Crippen molar-refractivity contribution < 1.29 is 9.53 Å². The third kappa shape index (κ3) is 2.97. The second kappa shape index (κ2) is 7.09. The number of thioether (sulfide) groups is 1. The van der Waals surface area contributed by atoms with Gasteiger partial charge in [0.1, 0.15) is 5.75 Å². The Bertz CT molecular complexity index is 970. The minimum absolute atomic E-state index is 0.0418. The maximum atomic E-state index is 13.4. The molecule has 3 aromatic rings. The lowest BCUT2D eigenvalue weighted by Crippen LogP contribution is -2.28. The summed E-state index contributed by atoms with van der Waals surface area (Å²) in [6.07, 6.45) is 2.04. The summed E-state index contributed by atoms with van der Waals surface area (Å²) in [5, 5.41) is 0. The van der Waals surface area contributed by atoms with Crippen LogP contribution in [0.15, 0.2) is 81.4 Å². The molecule has 0 N–H and O–H groups in total. The summed E-state index contributed by atoms with van der Waals surface area (Å²) in [6, 6.07) is 21.6. The first-order chi connectivity index (χ1) is 12.7. The molecular formula is C21H17NO2S2. The second-order valence-electron chi connectivity index (χ2n) is 5.77. The summed E-state index contributed by atoms with van der Waals surface area (Å²) < 4.78 is 5.21. The van der Waals surface area contributed by atoms with Crippen molar-refractivity contribution in [1.82, 2.24) is 0 Å². The Morgan fingerprint density at radius 1 is 0.962 bits per heavy atom. The third-order valence-electron chi connectivity index (χ3n) is 4.27. The van der Waals surface area contributed by atoms with Crippen LogP contribution in [0, 0.1) is 0 Å². The second-order valence-corrected chi connectivity index (χ2v) is 7.74. The molecule has 0 aliphatic carbocycles. The first-order valence-corrected chi connectivity index (χ1v) is 10.2. The van der Waals surface area contributed by atoms with Crippen molar-refractivity contribution in [3.63, 3.8) is 0 Å². The van der Waals surface area contributed by atoms with Crippen molar-refractivity contribution in [3.05, 3.63) is 72.3 Å². The van der Waals surface area contributed by atoms with Gasteiger partial charge in [-0.05, 0) is 60.9 Å². The Morgan fingerprint density at radius 2 is 1.69 bits per heavy atom. The summed E-state index contributed by atoms with van der Waals surface area (Å²) in [6.45, 7) is 0. The number of anilines is 2. The minimum Gasteiger partial charge on any atom is -0.497 e. The molecule has 0 saturated carbocycles. The molecule has 1 amide bonds. The maximum Gasteiger partial charge on any atom is 0.262 e. The third-order valence-corrected chi connectivity index (χ3v) is 6.13. The molecule has 0 saturated heterocycles. The summed E-state index contributed by atoms with van der Waals surface area (Å²) in [5.74, 6) is 0.695. The zero-order valence-corrected chi connectivity index (χ0v) is 16.1. The summed E-state index contributed by atoms with van der Waals surface area (Å²) in [7, 11) is 1.62. The van der Waals surface area contributed by atoms with E-state index >= 15 is 0 Å². The van der Waals surface area contributed by atoms with Crippen molar-refractivity contribution in [3.8, 4) is 5.75 Å². The lowest BCUT2D eigenvalue weighted by atomic mass is 10.1. The average molecular weight is 380 g/mol. The average Bonchev–Trinajstić information content (AvgIpc) is 2.71. The van der Waals surface area contributed by atoms with Crippen molar-refractivity contribution >= 4 is 40.8 Å². The summed E-state index contributed by atoms with van der Waals surface area (Å²) >= 11 is 3.37. The normalized spacial score (nSPS) is 12.3. The van der Waals surface area contributed by atoms with Crippen LogP contribution < -0.4 is 9.64 Å². The Labute approximate surface area is 161 Å². The van der Waals surface area contributed by atoms with Crippen LogP contribution in [0.5, 0.6) is 5.75 Å². The number of fused-ring (bicyclic) bond motifs is 2. The van der Waals surface area contributed by atoms with E-state index in [2.05, 4.69) is 24.3 Å². The molecular weight excluding hydrogens is 362 g/mol. The first kappa shape index (κ1) is 17.1. The van der Waals surface area contributed by atoms with E-state index in [0.717, 1.165) is 31.8 Å². The van der Waals surface area contributed by atoms with Crippen molar-refractivity contribution in [2.75, 3.05) is 18.3 Å². The summed E-state index contributed by atoms with van der Waals surface area (Å²) in [5.41, 5.74) is 2.48. The Balaban J connectivity index is 1.84. The van der Waals surface area contributed by atoms with E-state index in [1.165, 1.54) is 0 Å². The van der Waals surface area contributed by atoms with E-state index in [9.17, 15) is 4.79 Å². The SMILES string of the molecule is COc1ccc(C(=O)N2c3ccccc3Sc3ccc(SC)cc32)cc1. The number of carbonyl (C=O) groups is 1. The van der Waals surface area contributed by atoms with Crippen molar-refractivity contribution in [2.24, 2.45) is 0 Å². The van der Waals surface area contributed by atoms with Crippen LogP contribution in [0.25, 0.3) is 0 Å². The first-order valence-electron chi connectivity index (χ1n) is 8.14.